The third kappa shape index (κ3) is 3.51. The number of carbonyl (C=O) groups is 1. The minimum atomic E-state index is -3.95. The maximum atomic E-state index is 12.4. The number of sulfonamides is 1. The van der Waals surface area contributed by atoms with Gasteiger partial charge in [-0.05, 0) is 38.5 Å². The number of nitrogens with zero attached hydrogens (tertiary/aromatic N) is 2. The van der Waals surface area contributed by atoms with E-state index in [1.54, 1.807) is 26.2 Å². The maximum Gasteiger partial charge on any atom is 0.328 e. The van der Waals surface area contributed by atoms with Crippen molar-refractivity contribution >= 4 is 27.1 Å². The first-order valence-corrected chi connectivity index (χ1v) is 9.23. The zero-order valence-corrected chi connectivity index (χ0v) is 14.3. The van der Waals surface area contributed by atoms with E-state index in [4.69, 9.17) is 4.74 Å². The molecule has 0 aliphatic carbocycles. The summed E-state index contributed by atoms with van der Waals surface area (Å²) in [5.74, 6) is 0. The molecule has 2 aromatic rings. The van der Waals surface area contributed by atoms with Gasteiger partial charge in [0.1, 0.15) is 0 Å². The lowest BCUT2D eigenvalue weighted by atomic mass is 10.2. The molecule has 130 valence electrons. The molecule has 2 amide bonds. The summed E-state index contributed by atoms with van der Waals surface area (Å²) in [7, 11) is -3.95. The molecule has 8 nitrogen and oxygen atoms in total. The van der Waals surface area contributed by atoms with Crippen LogP contribution in [-0.4, -0.2) is 42.8 Å². The van der Waals surface area contributed by atoms with Crippen molar-refractivity contribution in [1.29, 1.82) is 0 Å². The van der Waals surface area contributed by atoms with Gasteiger partial charge in [-0.25, -0.2) is 22.9 Å². The highest BCUT2D eigenvalue weighted by molar-refractivity contribution is 7.90. The quantitative estimate of drug-likeness (QED) is 0.842. The Labute approximate surface area is 140 Å². The second-order valence-electron chi connectivity index (χ2n) is 6.06. The number of carbonyl (C=O) groups excluding carboxylic acids is 1. The minimum Gasteiger partial charge on any atom is -0.376 e. The van der Waals surface area contributed by atoms with Crippen molar-refractivity contribution in [3.8, 4) is 0 Å². The summed E-state index contributed by atoms with van der Waals surface area (Å²) in [6, 6.07) is 3.67. The fourth-order valence-electron chi connectivity index (χ4n) is 2.47. The molecule has 0 bridgehead atoms. The third-order valence-corrected chi connectivity index (χ3v) is 5.07. The molecule has 0 saturated carbocycles. The average molecular weight is 352 g/mol. The summed E-state index contributed by atoms with van der Waals surface area (Å²) in [6.07, 6.45) is 2.79. The van der Waals surface area contributed by atoms with Gasteiger partial charge in [0.15, 0.2) is 0 Å². The predicted molar refractivity (Wildman–Crippen MR) is 88.1 cm³/mol. The Morgan fingerprint density at radius 1 is 1.46 bits per heavy atom. The van der Waals surface area contributed by atoms with Gasteiger partial charge in [0.25, 0.3) is 10.0 Å². The Balaban J connectivity index is 1.85. The molecule has 2 N–H and O–H groups in total. The van der Waals surface area contributed by atoms with E-state index in [-0.39, 0.29) is 17.0 Å². The van der Waals surface area contributed by atoms with Crippen molar-refractivity contribution < 1.29 is 17.9 Å². The van der Waals surface area contributed by atoms with Crippen LogP contribution in [0.15, 0.2) is 29.4 Å². The molecule has 1 fully saturated rings. The summed E-state index contributed by atoms with van der Waals surface area (Å²) in [5, 5.41) is 2.49. The number of hydrogen-bond acceptors (Lipinski definition) is 5. The highest BCUT2D eigenvalue weighted by Crippen LogP contribution is 2.21. The van der Waals surface area contributed by atoms with Crippen LogP contribution in [0.5, 0.6) is 0 Å². The number of nitrogens with one attached hydrogen (secondary N) is 2. The summed E-state index contributed by atoms with van der Waals surface area (Å²) in [6.45, 7) is 4.88. The van der Waals surface area contributed by atoms with Crippen molar-refractivity contribution in [2.24, 2.45) is 0 Å². The third-order valence-electron chi connectivity index (χ3n) is 3.74. The largest absolute Gasteiger partial charge is 0.376 e. The van der Waals surface area contributed by atoms with Gasteiger partial charge < -0.3 is 14.6 Å². The second-order valence-corrected chi connectivity index (χ2v) is 7.74. The molecular weight excluding hydrogens is 332 g/mol. The Morgan fingerprint density at radius 3 is 2.83 bits per heavy atom. The molecule has 24 heavy (non-hydrogen) atoms. The molecule has 1 aromatic carbocycles. The zero-order valence-electron chi connectivity index (χ0n) is 13.5. The molecule has 1 aromatic heterocycles. The smallest absolute Gasteiger partial charge is 0.328 e. The lowest BCUT2D eigenvalue weighted by molar-refractivity contribution is -0.0586. The van der Waals surface area contributed by atoms with Gasteiger partial charge in [-0.15, -0.1) is 0 Å². The molecule has 9 heteroatoms. The number of amides is 2. The molecule has 1 saturated heterocycles. The van der Waals surface area contributed by atoms with Crippen LogP contribution < -0.4 is 10.0 Å². The number of urea groups is 1. The van der Waals surface area contributed by atoms with E-state index >= 15 is 0 Å². The Kier molecular flexibility index (Phi) is 4.46. The monoisotopic (exact) mass is 352 g/mol. The molecule has 1 aliphatic rings. The van der Waals surface area contributed by atoms with E-state index in [1.165, 1.54) is 12.1 Å². The van der Waals surface area contributed by atoms with E-state index in [2.05, 4.69) is 10.3 Å². The van der Waals surface area contributed by atoms with Gasteiger partial charge in [0.2, 0.25) is 0 Å². The van der Waals surface area contributed by atoms with Crippen LogP contribution in [-0.2, 0) is 21.3 Å². The normalized spacial score (nSPS) is 17.7. The molecule has 1 unspecified atom stereocenters. The summed E-state index contributed by atoms with van der Waals surface area (Å²) < 4.78 is 34.0. The van der Waals surface area contributed by atoms with Crippen molar-refractivity contribution in [1.82, 2.24) is 19.6 Å². The van der Waals surface area contributed by atoms with Gasteiger partial charge >= 0.3 is 6.03 Å². The Bertz CT molecular complexity index is 855. The Morgan fingerprint density at radius 2 is 2.21 bits per heavy atom. The van der Waals surface area contributed by atoms with Crippen molar-refractivity contribution in [3.05, 3.63) is 24.5 Å². The van der Waals surface area contributed by atoms with Crippen LogP contribution in [0.4, 0.5) is 4.79 Å². The van der Waals surface area contributed by atoms with Gasteiger partial charge in [0, 0.05) is 12.6 Å². The van der Waals surface area contributed by atoms with Gasteiger partial charge in [-0.1, -0.05) is 0 Å². The van der Waals surface area contributed by atoms with Crippen LogP contribution in [0.3, 0.4) is 0 Å². The first-order chi connectivity index (χ1) is 11.3. The van der Waals surface area contributed by atoms with Crippen molar-refractivity contribution in [2.75, 3.05) is 6.61 Å². The zero-order chi connectivity index (χ0) is 17.3. The lowest BCUT2D eigenvalue weighted by Crippen LogP contribution is -2.42. The first-order valence-electron chi connectivity index (χ1n) is 7.75. The molecule has 1 aliphatic heterocycles. The maximum absolute atomic E-state index is 12.4. The topological polar surface area (TPSA) is 102 Å². The lowest BCUT2D eigenvalue weighted by Gasteiger charge is -2.26. The van der Waals surface area contributed by atoms with E-state index in [0.29, 0.717) is 17.6 Å². The summed E-state index contributed by atoms with van der Waals surface area (Å²) in [5.41, 5.74) is 1.39. The average Bonchev–Trinajstić information content (AvgIpc) is 2.83. The van der Waals surface area contributed by atoms with E-state index < -0.39 is 16.1 Å². The van der Waals surface area contributed by atoms with Crippen molar-refractivity contribution in [3.63, 3.8) is 0 Å². The van der Waals surface area contributed by atoms with E-state index in [0.717, 1.165) is 13.0 Å². The van der Waals surface area contributed by atoms with E-state index in [9.17, 15) is 13.2 Å². The number of rotatable bonds is 5. The molecule has 3 rings (SSSR count). The van der Waals surface area contributed by atoms with Gasteiger partial charge in [0.05, 0.1) is 34.9 Å². The highest BCUT2D eigenvalue weighted by Gasteiger charge is 2.22. The summed E-state index contributed by atoms with van der Waals surface area (Å²) in [4.78, 5) is 16.0. The van der Waals surface area contributed by atoms with Crippen LogP contribution in [0.2, 0.25) is 0 Å². The number of ether oxygens (including phenoxy) is 1. The number of hydrogen-bond donors (Lipinski definition) is 2. The minimum absolute atomic E-state index is 0.0187. The fraction of sp³-hybridized carbons (Fsp3) is 0.467. The number of benzene rings is 1. The standard InChI is InChI=1S/C15H20N4O4S/c1-10(2)17-15(20)18-24(21,22)12-3-4-13-14(7-12)19(9-16-13)8-11-5-6-23-11/h3-4,7,9-11H,5-6,8H2,1-2H3,(H2,17,18,20). The van der Waals surface area contributed by atoms with Crippen molar-refractivity contribution in [2.45, 2.75) is 43.9 Å². The van der Waals surface area contributed by atoms with Crippen LogP contribution in [0, 0.1) is 0 Å². The number of imidazole rings is 1. The van der Waals surface area contributed by atoms with Crippen LogP contribution in [0.1, 0.15) is 20.3 Å². The number of fused-ring (bicyclic) bond motifs is 1. The molecule has 0 spiro atoms. The molecule has 2 heterocycles. The summed E-state index contributed by atoms with van der Waals surface area (Å²) >= 11 is 0. The SMILES string of the molecule is CC(C)NC(=O)NS(=O)(=O)c1ccc2ncn(CC3CCO3)c2c1. The predicted octanol–water partition coefficient (Wildman–Crippen LogP) is 1.22. The molecular formula is C15H20N4O4S. The van der Waals surface area contributed by atoms with Crippen LogP contribution >= 0.6 is 0 Å². The molecule has 0 radical (unpaired) electrons. The van der Waals surface area contributed by atoms with Gasteiger partial charge in [-0.2, -0.15) is 0 Å². The van der Waals surface area contributed by atoms with E-state index in [1.807, 2.05) is 9.29 Å². The fourth-order valence-corrected chi connectivity index (χ4v) is 3.40. The molecule has 1 atom stereocenters. The Hall–Kier alpha value is -2.13. The van der Waals surface area contributed by atoms with Gasteiger partial charge in [-0.3, -0.25) is 0 Å². The highest BCUT2D eigenvalue weighted by atomic mass is 32.2. The second kappa shape index (κ2) is 6.40. The first kappa shape index (κ1) is 16.7. The van der Waals surface area contributed by atoms with Crippen LogP contribution in [0.25, 0.3) is 11.0 Å². The number of aromatic nitrogens is 2.